The van der Waals surface area contributed by atoms with Gasteiger partial charge in [0.1, 0.15) is 10.0 Å². The van der Waals surface area contributed by atoms with Crippen LogP contribution in [-0.4, -0.2) is 40.1 Å². The Bertz CT molecular complexity index is 935. The maximum Gasteiger partial charge on any atom is 0.253 e. The van der Waals surface area contributed by atoms with Crippen LogP contribution in [0.3, 0.4) is 0 Å². The van der Waals surface area contributed by atoms with Crippen LogP contribution in [0, 0.1) is 6.92 Å². The van der Waals surface area contributed by atoms with Gasteiger partial charge >= 0.3 is 0 Å². The molecule has 0 bridgehead atoms. The normalized spacial score (nSPS) is 16.8. The molecule has 1 aliphatic rings. The zero-order valence-corrected chi connectivity index (χ0v) is 15.4. The van der Waals surface area contributed by atoms with Crippen LogP contribution in [0.2, 0.25) is 0 Å². The third-order valence-electron chi connectivity index (χ3n) is 4.61. The van der Waals surface area contributed by atoms with Gasteiger partial charge in [0.25, 0.3) is 5.91 Å². The summed E-state index contributed by atoms with van der Waals surface area (Å²) in [6, 6.07) is 16.1. The average Bonchev–Trinajstić information content (AvgIpc) is 3.30. The highest BCUT2D eigenvalue weighted by Crippen LogP contribution is 2.28. The van der Waals surface area contributed by atoms with Gasteiger partial charge in [0, 0.05) is 30.3 Å². The predicted octanol–water partition coefficient (Wildman–Crippen LogP) is 3.35. The van der Waals surface area contributed by atoms with Crippen molar-refractivity contribution in [2.45, 2.75) is 19.4 Å². The van der Waals surface area contributed by atoms with E-state index in [4.69, 9.17) is 5.73 Å². The largest absolute Gasteiger partial charge is 0.337 e. The molecule has 0 aliphatic carbocycles. The van der Waals surface area contributed by atoms with Crippen molar-refractivity contribution in [1.82, 2.24) is 15.1 Å². The SMILES string of the molecule is Cc1nnc(-c2cccc(-c3ccc(C(=O)N4CCC(N)C4)cc3)c2)s1. The second-order valence-electron chi connectivity index (χ2n) is 6.58. The highest BCUT2D eigenvalue weighted by molar-refractivity contribution is 7.14. The molecule has 2 N–H and O–H groups in total. The molecule has 1 amide bonds. The number of rotatable bonds is 3. The lowest BCUT2D eigenvalue weighted by Crippen LogP contribution is -2.31. The third-order valence-corrected chi connectivity index (χ3v) is 5.50. The quantitative estimate of drug-likeness (QED) is 0.773. The van der Waals surface area contributed by atoms with Gasteiger partial charge in [0.2, 0.25) is 0 Å². The van der Waals surface area contributed by atoms with E-state index in [1.807, 2.05) is 48.2 Å². The molecule has 1 aromatic heterocycles. The Kier molecular flexibility index (Phi) is 4.53. The molecule has 4 rings (SSSR count). The summed E-state index contributed by atoms with van der Waals surface area (Å²) in [6.45, 7) is 3.34. The second kappa shape index (κ2) is 6.97. The van der Waals surface area contributed by atoms with Crippen molar-refractivity contribution < 1.29 is 4.79 Å². The molecular weight excluding hydrogens is 344 g/mol. The first-order chi connectivity index (χ1) is 12.6. The van der Waals surface area contributed by atoms with Gasteiger partial charge in [-0.2, -0.15) is 0 Å². The molecule has 26 heavy (non-hydrogen) atoms. The summed E-state index contributed by atoms with van der Waals surface area (Å²) in [4.78, 5) is 14.4. The predicted molar refractivity (Wildman–Crippen MR) is 104 cm³/mol. The lowest BCUT2D eigenvalue weighted by atomic mass is 10.0. The molecule has 0 radical (unpaired) electrons. The molecule has 1 fully saturated rings. The van der Waals surface area contributed by atoms with Crippen molar-refractivity contribution in [3.8, 4) is 21.7 Å². The highest BCUT2D eigenvalue weighted by atomic mass is 32.1. The number of likely N-dealkylation sites (tertiary alicyclic amines) is 1. The van der Waals surface area contributed by atoms with Crippen LogP contribution in [0.25, 0.3) is 21.7 Å². The van der Waals surface area contributed by atoms with Gasteiger partial charge < -0.3 is 10.6 Å². The van der Waals surface area contributed by atoms with Gasteiger partial charge in [0.05, 0.1) is 0 Å². The monoisotopic (exact) mass is 364 g/mol. The van der Waals surface area contributed by atoms with Crippen LogP contribution in [0.1, 0.15) is 21.8 Å². The molecule has 2 heterocycles. The maximum absolute atomic E-state index is 12.5. The molecule has 1 saturated heterocycles. The number of aromatic nitrogens is 2. The van der Waals surface area contributed by atoms with Crippen LogP contribution in [-0.2, 0) is 0 Å². The Morgan fingerprint density at radius 3 is 2.54 bits per heavy atom. The summed E-state index contributed by atoms with van der Waals surface area (Å²) in [5, 5.41) is 10.2. The van der Waals surface area contributed by atoms with Crippen molar-refractivity contribution in [2.75, 3.05) is 13.1 Å². The Morgan fingerprint density at radius 1 is 1.12 bits per heavy atom. The first kappa shape index (κ1) is 16.9. The molecule has 3 aromatic rings. The molecule has 1 aliphatic heterocycles. The minimum Gasteiger partial charge on any atom is -0.337 e. The van der Waals surface area contributed by atoms with Gasteiger partial charge in [0.15, 0.2) is 0 Å². The lowest BCUT2D eigenvalue weighted by molar-refractivity contribution is 0.0791. The maximum atomic E-state index is 12.5. The van der Waals surface area contributed by atoms with E-state index < -0.39 is 0 Å². The first-order valence-electron chi connectivity index (χ1n) is 8.66. The van der Waals surface area contributed by atoms with E-state index in [0.29, 0.717) is 12.1 Å². The van der Waals surface area contributed by atoms with Gasteiger partial charge in [-0.05, 0) is 42.7 Å². The fraction of sp³-hybridized carbons (Fsp3) is 0.250. The molecule has 132 valence electrons. The van der Waals surface area contributed by atoms with E-state index in [-0.39, 0.29) is 11.9 Å². The van der Waals surface area contributed by atoms with Gasteiger partial charge in [-0.3, -0.25) is 4.79 Å². The topological polar surface area (TPSA) is 72.1 Å². The van der Waals surface area contributed by atoms with E-state index in [9.17, 15) is 4.79 Å². The number of nitrogens with two attached hydrogens (primary N) is 1. The number of carbonyl (C=O) groups is 1. The molecule has 0 spiro atoms. The number of benzene rings is 2. The standard InChI is InChI=1S/C20H20N4OS/c1-13-22-23-19(26-13)17-4-2-3-16(11-17)14-5-7-15(8-6-14)20(25)24-10-9-18(21)12-24/h2-8,11,18H,9-10,12,21H2,1H3. The van der Waals surface area contributed by atoms with E-state index >= 15 is 0 Å². The smallest absolute Gasteiger partial charge is 0.253 e. The van der Waals surface area contributed by atoms with Crippen molar-refractivity contribution in [3.05, 3.63) is 59.1 Å². The molecule has 0 saturated carbocycles. The van der Waals surface area contributed by atoms with E-state index in [1.165, 1.54) is 0 Å². The Balaban J connectivity index is 1.56. The summed E-state index contributed by atoms with van der Waals surface area (Å²) < 4.78 is 0. The lowest BCUT2D eigenvalue weighted by Gasteiger charge is -2.16. The number of hydrogen-bond acceptors (Lipinski definition) is 5. The van der Waals surface area contributed by atoms with Crippen molar-refractivity contribution in [2.24, 2.45) is 5.73 Å². The Morgan fingerprint density at radius 2 is 1.88 bits per heavy atom. The molecule has 2 aromatic carbocycles. The first-order valence-corrected chi connectivity index (χ1v) is 9.47. The number of nitrogens with zero attached hydrogens (tertiary/aromatic N) is 3. The van der Waals surface area contributed by atoms with Crippen LogP contribution in [0.4, 0.5) is 0 Å². The highest BCUT2D eigenvalue weighted by Gasteiger charge is 2.24. The van der Waals surface area contributed by atoms with Crippen molar-refractivity contribution in [1.29, 1.82) is 0 Å². The van der Waals surface area contributed by atoms with Gasteiger partial charge in [-0.1, -0.05) is 41.7 Å². The summed E-state index contributed by atoms with van der Waals surface area (Å²) in [7, 11) is 0. The zero-order chi connectivity index (χ0) is 18.1. The van der Waals surface area contributed by atoms with Crippen molar-refractivity contribution in [3.63, 3.8) is 0 Å². The van der Waals surface area contributed by atoms with Crippen LogP contribution >= 0.6 is 11.3 Å². The van der Waals surface area contributed by atoms with E-state index in [1.54, 1.807) is 11.3 Å². The van der Waals surface area contributed by atoms with E-state index in [2.05, 4.69) is 22.3 Å². The number of carbonyl (C=O) groups excluding carboxylic acids is 1. The van der Waals surface area contributed by atoms with Crippen LogP contribution in [0.5, 0.6) is 0 Å². The summed E-state index contributed by atoms with van der Waals surface area (Å²) >= 11 is 1.58. The summed E-state index contributed by atoms with van der Waals surface area (Å²) in [6.07, 6.45) is 0.877. The number of aryl methyl sites for hydroxylation is 1. The third kappa shape index (κ3) is 3.38. The minimum absolute atomic E-state index is 0.0579. The number of hydrogen-bond donors (Lipinski definition) is 1. The molecule has 5 nitrogen and oxygen atoms in total. The molecule has 1 unspecified atom stereocenters. The van der Waals surface area contributed by atoms with Crippen LogP contribution < -0.4 is 5.73 Å². The molecular formula is C20H20N4OS. The van der Waals surface area contributed by atoms with Gasteiger partial charge in [-0.15, -0.1) is 10.2 Å². The summed E-state index contributed by atoms with van der Waals surface area (Å²) in [5.74, 6) is 0.0579. The van der Waals surface area contributed by atoms with Crippen LogP contribution in [0.15, 0.2) is 48.5 Å². The second-order valence-corrected chi connectivity index (χ2v) is 7.77. The fourth-order valence-electron chi connectivity index (χ4n) is 3.20. The van der Waals surface area contributed by atoms with E-state index in [0.717, 1.165) is 39.7 Å². The number of amides is 1. The average molecular weight is 364 g/mol. The molecule has 1 atom stereocenters. The van der Waals surface area contributed by atoms with Crippen molar-refractivity contribution >= 4 is 17.2 Å². The minimum atomic E-state index is 0.0579. The Hall–Kier alpha value is -2.57. The summed E-state index contributed by atoms with van der Waals surface area (Å²) in [5.41, 5.74) is 9.83. The fourth-order valence-corrected chi connectivity index (χ4v) is 3.89. The molecule has 6 heteroatoms. The Labute approximate surface area is 156 Å². The van der Waals surface area contributed by atoms with Gasteiger partial charge in [-0.25, -0.2) is 0 Å². The zero-order valence-electron chi connectivity index (χ0n) is 14.6.